The first-order chi connectivity index (χ1) is 1.00. The topological polar surface area (TPSA) is 63.0 Å². The Hall–Kier alpha value is 1.62. The van der Waals surface area contributed by atoms with E-state index in [0.29, 0.717) is 0 Å². The SMILES string of the molecule is O.O.[Co].[LiH].[Li][CH3]. The molecule has 0 amide bonds. The van der Waals surface area contributed by atoms with E-state index in [1.165, 1.54) is 0 Å². The van der Waals surface area contributed by atoms with Crippen molar-refractivity contribution in [2.75, 3.05) is 0 Å². The molecule has 6 heavy (non-hydrogen) atoms. The molecule has 0 saturated carbocycles. The molecule has 0 aliphatic heterocycles. The van der Waals surface area contributed by atoms with Crippen LogP contribution in [0, 0.1) is 0 Å². The van der Waals surface area contributed by atoms with Crippen molar-refractivity contribution in [3.8, 4) is 0 Å². The molecule has 0 saturated heterocycles. The summed E-state index contributed by atoms with van der Waals surface area (Å²) in [7, 11) is 0. The van der Waals surface area contributed by atoms with E-state index >= 15 is 0 Å². The first kappa shape index (κ1) is 48.6. The Bertz CT molecular complexity index is 11.5. The van der Waals surface area contributed by atoms with Crippen LogP contribution in [-0.4, -0.2) is 47.5 Å². The first-order valence-electron chi connectivity index (χ1n) is 1.00. The summed E-state index contributed by atoms with van der Waals surface area (Å²) in [6, 6.07) is 0. The molecule has 0 aromatic carbocycles. The molecule has 0 aliphatic rings. The third-order valence-electron chi connectivity index (χ3n) is 0. The third kappa shape index (κ3) is 45.7. The van der Waals surface area contributed by atoms with E-state index in [2.05, 4.69) is 0 Å². The van der Waals surface area contributed by atoms with Crippen LogP contribution in [0.2, 0.25) is 5.60 Å². The van der Waals surface area contributed by atoms with Gasteiger partial charge in [0.05, 0.1) is 0 Å². The average molecular weight is 125 g/mol. The maximum absolute atomic E-state index is 2.00. The zero-order chi connectivity index (χ0) is 2.00. The van der Waals surface area contributed by atoms with Crippen LogP contribution < -0.4 is 0 Å². The Labute approximate surface area is 69.6 Å². The van der Waals surface area contributed by atoms with Gasteiger partial charge in [0, 0.05) is 16.8 Å². The Balaban J connectivity index is -0.000000000833. The van der Waals surface area contributed by atoms with Crippen LogP contribution in [0.15, 0.2) is 0 Å². The van der Waals surface area contributed by atoms with E-state index < -0.39 is 0 Å². The van der Waals surface area contributed by atoms with Gasteiger partial charge in [-0.3, -0.25) is 0 Å². The normalized spacial score (nSPS) is 1.17. The molecule has 35 valence electrons. The second-order valence-electron chi connectivity index (χ2n) is 0. The summed E-state index contributed by atoms with van der Waals surface area (Å²) < 4.78 is 0. The van der Waals surface area contributed by atoms with E-state index in [0.717, 1.165) is 0 Å². The fraction of sp³-hybridized carbons (Fsp3) is 1.00. The zero-order valence-electron chi connectivity index (χ0n) is 3.33. The summed E-state index contributed by atoms with van der Waals surface area (Å²) in [5, 5.41) is 0. The molecule has 0 unspecified atom stereocenters. The van der Waals surface area contributed by atoms with Gasteiger partial charge >= 0.3 is 42.2 Å². The zero-order valence-corrected chi connectivity index (χ0v) is 4.37. The second kappa shape index (κ2) is 79.6. The van der Waals surface area contributed by atoms with Gasteiger partial charge in [-0.2, -0.15) is 0 Å². The van der Waals surface area contributed by atoms with Gasteiger partial charge in [0.2, 0.25) is 0 Å². The van der Waals surface area contributed by atoms with Crippen molar-refractivity contribution in [2.24, 2.45) is 0 Å². The first-order valence-corrected chi connectivity index (χ1v) is 1.00. The van der Waals surface area contributed by atoms with Crippen LogP contribution in [-0.2, 0) is 16.8 Å². The Kier molecular flexibility index (Phi) is 645. The van der Waals surface area contributed by atoms with Crippen LogP contribution in [0.5, 0.6) is 0 Å². The van der Waals surface area contributed by atoms with Crippen molar-refractivity contribution in [3.63, 3.8) is 0 Å². The molecule has 0 heterocycles. The van der Waals surface area contributed by atoms with Gasteiger partial charge in [0.1, 0.15) is 0 Å². The van der Waals surface area contributed by atoms with Crippen molar-refractivity contribution < 1.29 is 27.7 Å². The van der Waals surface area contributed by atoms with Crippen LogP contribution >= 0.6 is 0 Å². The summed E-state index contributed by atoms with van der Waals surface area (Å²) >= 11 is 2.00. The monoisotopic (exact) mass is 125 g/mol. The molecule has 0 aliphatic carbocycles. The van der Waals surface area contributed by atoms with Crippen molar-refractivity contribution in [1.29, 1.82) is 0 Å². The summed E-state index contributed by atoms with van der Waals surface area (Å²) in [5.41, 5.74) is 2.00. The summed E-state index contributed by atoms with van der Waals surface area (Å²) in [6.07, 6.45) is 0. The molecule has 0 aromatic heterocycles. The molecule has 0 fully saturated rings. The third-order valence-corrected chi connectivity index (χ3v) is 0. The van der Waals surface area contributed by atoms with Crippen LogP contribution in [0.25, 0.3) is 0 Å². The number of hydrogen-bond donors (Lipinski definition) is 0. The molecule has 0 aromatic rings. The van der Waals surface area contributed by atoms with Crippen LogP contribution in [0.4, 0.5) is 0 Å². The molecular formula is CH8CoLi2O2. The molecule has 4 N–H and O–H groups in total. The minimum absolute atomic E-state index is 0. The molecule has 0 rings (SSSR count). The van der Waals surface area contributed by atoms with Gasteiger partial charge in [-0.15, -0.1) is 0 Å². The summed E-state index contributed by atoms with van der Waals surface area (Å²) in [6.45, 7) is 0. The van der Waals surface area contributed by atoms with Gasteiger partial charge in [-0.25, -0.2) is 0 Å². The van der Waals surface area contributed by atoms with Gasteiger partial charge in [-0.1, -0.05) is 0 Å². The number of hydrogen-bond acceptors (Lipinski definition) is 0. The molecule has 0 spiro atoms. The standard InChI is InChI=1S/CH3.Co.2Li.2H2O.H/h1H3;;;;2*1H2;. The Morgan fingerprint density at radius 2 is 1.00 bits per heavy atom. The molecule has 0 bridgehead atoms. The maximum atomic E-state index is 2.00. The van der Waals surface area contributed by atoms with Gasteiger partial charge in [-0.05, 0) is 0 Å². The van der Waals surface area contributed by atoms with E-state index in [1.807, 2.05) is 23.3 Å². The summed E-state index contributed by atoms with van der Waals surface area (Å²) in [5.74, 6) is 0. The van der Waals surface area contributed by atoms with Crippen molar-refractivity contribution in [1.82, 2.24) is 0 Å². The average Bonchev–Trinajstić information content (AvgIpc) is 1.00. The fourth-order valence-electron chi connectivity index (χ4n) is 0. The fourth-order valence-corrected chi connectivity index (χ4v) is 0. The van der Waals surface area contributed by atoms with Crippen molar-refractivity contribution in [2.45, 2.75) is 5.60 Å². The summed E-state index contributed by atoms with van der Waals surface area (Å²) in [4.78, 5) is 0. The van der Waals surface area contributed by atoms with Crippen molar-refractivity contribution >= 4 is 36.6 Å². The Morgan fingerprint density at radius 3 is 1.00 bits per heavy atom. The molecule has 5 heteroatoms. The van der Waals surface area contributed by atoms with E-state index in [-0.39, 0.29) is 46.6 Å². The predicted octanol–water partition coefficient (Wildman–Crippen LogP) is -2.10. The van der Waals surface area contributed by atoms with Crippen LogP contribution in [0.1, 0.15) is 0 Å². The van der Waals surface area contributed by atoms with E-state index in [1.54, 1.807) is 0 Å². The molecule has 0 atom stereocenters. The van der Waals surface area contributed by atoms with E-state index in [9.17, 15) is 0 Å². The molecule has 2 nitrogen and oxygen atoms in total. The van der Waals surface area contributed by atoms with Gasteiger partial charge < -0.3 is 11.0 Å². The second-order valence-corrected chi connectivity index (χ2v) is 0. The molecule has 1 radical (unpaired) electrons. The van der Waals surface area contributed by atoms with Gasteiger partial charge in [0.25, 0.3) is 0 Å². The van der Waals surface area contributed by atoms with Crippen LogP contribution in [0.3, 0.4) is 0 Å². The van der Waals surface area contributed by atoms with Gasteiger partial charge in [0.15, 0.2) is 0 Å². The van der Waals surface area contributed by atoms with Crippen molar-refractivity contribution in [3.05, 3.63) is 0 Å². The molecular weight excluding hydrogens is 117 g/mol. The predicted molar refractivity (Wildman–Crippen MR) is 26.0 cm³/mol. The Morgan fingerprint density at radius 1 is 1.00 bits per heavy atom. The minimum atomic E-state index is 0. The quantitative estimate of drug-likeness (QED) is 0.333. The number of rotatable bonds is 0. The van der Waals surface area contributed by atoms with E-state index in [4.69, 9.17) is 0 Å².